The summed E-state index contributed by atoms with van der Waals surface area (Å²) in [7, 11) is -6.37. The van der Waals surface area contributed by atoms with Gasteiger partial charge in [-0.1, -0.05) is 169 Å². The SMILES string of the molecule is [2H]c1cc([Si](c2c([2H])c([2H])c([2H])c([2H])c2[2H])(c2c([2H])c([2H])c([2H])c([2H])c2[2H])c2c([2H])c([2H])c([2H])c([2H])c2[2H])c([2H])c(-c2c([2H])c3c4c(c2[2H])-c2c([2H])c(-n5c6c([2H])c([2H])c([2H])c([2H])c6c6c([2H])c([2H])c([2H])c([2H])c65)c([2H])c([2H])c2OB4c2c([2H])c([2H])c([2H])c([2H])c2O3)c1[2H]. The van der Waals surface area contributed by atoms with E-state index < -0.39 is 325 Å². The minimum Gasteiger partial charge on any atom is -0.551 e. The largest absolute Gasteiger partial charge is 0.551 e. The van der Waals surface area contributed by atoms with Gasteiger partial charge < -0.3 is 14.0 Å². The molecule has 3 nitrogen and oxygen atoms in total. The van der Waals surface area contributed by atoms with Crippen molar-refractivity contribution >= 4 is 68.5 Å². The molecule has 2 aliphatic heterocycles. The van der Waals surface area contributed by atoms with Crippen LogP contribution in [-0.4, -0.2) is 19.6 Å². The highest BCUT2D eigenvalue weighted by molar-refractivity contribution is 7.19. The smallest absolute Gasteiger partial charge is 0.434 e. The van der Waals surface area contributed by atoms with Gasteiger partial charge in [0.1, 0.15) is 17.2 Å². The zero-order valence-electron chi connectivity index (χ0n) is 64.4. The molecule has 0 unspecified atom stereocenters. The van der Waals surface area contributed by atoms with E-state index in [0.717, 1.165) is 0 Å². The van der Waals surface area contributed by atoms with Crippen molar-refractivity contribution in [3.8, 4) is 45.2 Å². The summed E-state index contributed by atoms with van der Waals surface area (Å²) in [6.45, 7) is -2.03. The van der Waals surface area contributed by atoms with Gasteiger partial charge in [-0.3, -0.25) is 0 Å². The number of fused-ring (bicyclic) bond motifs is 7. The summed E-state index contributed by atoms with van der Waals surface area (Å²) >= 11 is 0. The summed E-state index contributed by atoms with van der Waals surface area (Å²) in [5, 5.41) is -5.52. The molecule has 9 aromatic carbocycles. The highest BCUT2D eigenvalue weighted by Gasteiger charge is 2.43. The molecule has 0 saturated heterocycles. The van der Waals surface area contributed by atoms with Gasteiger partial charge in [-0.15, -0.1) is 0 Å². The Morgan fingerprint density at radius 1 is 0.441 bits per heavy atom. The van der Waals surface area contributed by atoms with E-state index >= 15 is 0 Å². The molecule has 0 fully saturated rings. The van der Waals surface area contributed by atoms with E-state index in [4.69, 9.17) is 35.4 Å². The molecule has 12 rings (SSSR count). The molecular formula is C54H36BNO2Si. The Morgan fingerprint density at radius 3 is 1.69 bits per heavy atom. The summed E-state index contributed by atoms with van der Waals surface area (Å²) in [5.74, 6) is -2.52. The third-order valence-corrected chi connectivity index (χ3v) is 13.9. The van der Waals surface area contributed by atoms with Crippen LogP contribution in [0.1, 0.15) is 48.0 Å². The zero-order valence-corrected chi connectivity index (χ0v) is 30.4. The van der Waals surface area contributed by atoms with Crippen LogP contribution in [0.5, 0.6) is 17.2 Å². The van der Waals surface area contributed by atoms with Crippen LogP contribution in [0, 0.1) is 0 Å². The number of hydrogen-bond acceptors (Lipinski definition) is 2. The zero-order chi connectivity index (χ0) is 69.4. The number of ether oxygens (including phenoxy) is 1. The average molecular weight is 805 g/mol. The molecule has 2 aliphatic rings. The normalized spacial score (nSPS) is 20.9. The van der Waals surface area contributed by atoms with Gasteiger partial charge in [-0.05, 0) is 85.8 Å². The van der Waals surface area contributed by atoms with Crippen molar-refractivity contribution in [1.82, 2.24) is 4.57 Å². The van der Waals surface area contributed by atoms with Gasteiger partial charge >= 0.3 is 6.92 Å². The third-order valence-electron chi connectivity index (χ3n) is 9.87. The molecule has 0 amide bonds. The van der Waals surface area contributed by atoms with Crippen LogP contribution in [0.3, 0.4) is 0 Å². The molecule has 0 saturated carbocycles. The van der Waals surface area contributed by atoms with Crippen molar-refractivity contribution < 1.29 is 57.4 Å². The van der Waals surface area contributed by atoms with E-state index in [1.54, 1.807) is 0 Å². The number of para-hydroxylation sites is 3. The van der Waals surface area contributed by atoms with Crippen molar-refractivity contribution in [1.29, 1.82) is 0 Å². The van der Waals surface area contributed by atoms with Crippen molar-refractivity contribution in [2.45, 2.75) is 0 Å². The molecule has 3 heterocycles. The molecule has 0 aliphatic carbocycles. The topological polar surface area (TPSA) is 23.4 Å². The van der Waals surface area contributed by atoms with Gasteiger partial charge in [0.05, 0.1) is 59.0 Å². The first kappa shape index (κ1) is 13.9. The lowest BCUT2D eigenvalue weighted by Crippen LogP contribution is -2.74. The van der Waals surface area contributed by atoms with E-state index in [2.05, 4.69) is 0 Å². The lowest BCUT2D eigenvalue weighted by atomic mass is 9.50. The lowest BCUT2D eigenvalue weighted by Gasteiger charge is -2.35. The van der Waals surface area contributed by atoms with Crippen LogP contribution in [-0.2, 0) is 0 Å². The third kappa shape index (κ3) is 5.15. The van der Waals surface area contributed by atoms with Gasteiger partial charge in [0.15, 0.2) is 8.07 Å². The summed E-state index contributed by atoms with van der Waals surface area (Å²) in [4.78, 5) is 0. The Morgan fingerprint density at radius 2 is 1.03 bits per heavy atom. The van der Waals surface area contributed by atoms with E-state index in [9.17, 15) is 21.9 Å². The second-order valence-electron chi connectivity index (χ2n) is 12.9. The summed E-state index contributed by atoms with van der Waals surface area (Å²) in [5.41, 5.74) is -7.11. The average Bonchev–Trinajstić information content (AvgIpc) is 0.765. The lowest BCUT2D eigenvalue weighted by molar-refractivity contribution is 0.479. The van der Waals surface area contributed by atoms with Crippen molar-refractivity contribution in [3.05, 3.63) is 218 Å². The molecule has 5 heteroatoms. The van der Waals surface area contributed by atoms with E-state index in [0.29, 0.717) is 10.6 Å². The fraction of sp³-hybridized carbons (Fsp3) is 0. The van der Waals surface area contributed by atoms with Crippen LogP contribution in [0.4, 0.5) is 0 Å². The van der Waals surface area contributed by atoms with Gasteiger partial charge in [-0.25, -0.2) is 0 Å². The Hall–Kier alpha value is -7.34. The van der Waals surface area contributed by atoms with Crippen LogP contribution in [0.15, 0.2) is 218 Å². The monoisotopic (exact) mass is 804 g/mol. The van der Waals surface area contributed by atoms with E-state index in [1.807, 2.05) is 0 Å². The first-order chi connectivity index (χ1) is 43.8. The molecule has 0 spiro atoms. The minimum absolute atomic E-state index is 0.543. The standard InChI is InChI=1S/C54H36BNO2Si/c1-4-18-40(19-5-1)59(41-20-6-2-7-21-41,42-22-8-3-9-23-42)43-24-16-17-37(33-43)38-34-47-46-36-39(56-49-28-13-10-25-44(49)45-26-11-14-29-50(45)56)31-32-51(46)58-55-48-27-12-15-30-52(48)57-53(35-38)54(47)55/h1-36H/i1D,2D,3D,4D,5D,6D,7D,8D,9D,10D,11D,12D,13D,14D,15D,16D,17D,18D,19D,20D,21D,22D,23D,25D,26D,27D,28D,29D,30D,31D,32D,33D,34D,35D,36D. The van der Waals surface area contributed by atoms with Crippen LogP contribution < -0.4 is 41.1 Å². The summed E-state index contributed by atoms with van der Waals surface area (Å²) in [6, 6.07) is -37.6. The Labute approximate surface area is 393 Å². The van der Waals surface area contributed by atoms with Crippen LogP contribution in [0.2, 0.25) is 0 Å². The predicted octanol–water partition coefficient (Wildman–Crippen LogP) is 9.10. The predicted molar refractivity (Wildman–Crippen MR) is 247 cm³/mol. The quantitative estimate of drug-likeness (QED) is 0.124. The maximum Gasteiger partial charge on any atom is 0.434 e. The highest BCUT2D eigenvalue weighted by atomic mass is 28.3. The van der Waals surface area contributed by atoms with Crippen LogP contribution in [0.25, 0.3) is 49.7 Å². The Balaban J connectivity index is 1.33. The maximum absolute atomic E-state index is 10.5. The molecule has 10 aromatic rings. The second kappa shape index (κ2) is 13.4. The summed E-state index contributed by atoms with van der Waals surface area (Å²) < 4.78 is 337. The maximum atomic E-state index is 10.5. The Bertz CT molecular complexity index is 4970. The molecule has 1 aromatic heterocycles. The number of hydrogen-bond donors (Lipinski definition) is 0. The van der Waals surface area contributed by atoms with E-state index in [-0.39, 0.29) is 0 Å². The second-order valence-corrected chi connectivity index (χ2v) is 16.4. The number of aromatic nitrogens is 1. The molecule has 0 N–H and O–H groups in total. The van der Waals surface area contributed by atoms with Gasteiger partial charge in [0.2, 0.25) is 0 Å². The van der Waals surface area contributed by atoms with Crippen molar-refractivity contribution in [2.24, 2.45) is 0 Å². The van der Waals surface area contributed by atoms with Crippen LogP contribution >= 0.6 is 0 Å². The van der Waals surface area contributed by atoms with Gasteiger partial charge in [-0.2, -0.15) is 0 Å². The van der Waals surface area contributed by atoms with E-state index in [1.165, 1.54) is 0 Å². The molecular weight excluding hydrogens is 733 g/mol. The molecule has 276 valence electrons. The van der Waals surface area contributed by atoms with Crippen molar-refractivity contribution in [2.75, 3.05) is 0 Å². The fourth-order valence-electron chi connectivity index (χ4n) is 7.44. The number of rotatable bonds is 6. The number of nitrogens with zero attached hydrogens (tertiary/aromatic N) is 1. The van der Waals surface area contributed by atoms with Gasteiger partial charge in [0.25, 0.3) is 0 Å². The molecule has 0 radical (unpaired) electrons. The first-order valence-electron chi connectivity index (χ1n) is 34.9. The number of benzene rings is 9. The first-order valence-corrected chi connectivity index (χ1v) is 19.4. The summed E-state index contributed by atoms with van der Waals surface area (Å²) in [6.07, 6.45) is 0. The molecule has 0 atom stereocenters. The molecule has 59 heavy (non-hydrogen) atoms. The Kier molecular flexibility index (Phi) is 3.15. The van der Waals surface area contributed by atoms with Gasteiger partial charge in [0, 0.05) is 32.9 Å². The fourth-order valence-corrected chi connectivity index (χ4v) is 11.1. The molecule has 0 bridgehead atoms. The highest BCUT2D eigenvalue weighted by Crippen LogP contribution is 2.43. The van der Waals surface area contributed by atoms with Crippen molar-refractivity contribution in [3.63, 3.8) is 0 Å². The minimum atomic E-state index is -6.37.